The number of nitrogens with zero attached hydrogens (tertiary/aromatic N) is 3. The first-order valence-electron chi connectivity index (χ1n) is 9.92. The second-order valence-electron chi connectivity index (χ2n) is 7.80. The number of fused-ring (bicyclic) bond motifs is 2. The Morgan fingerprint density at radius 3 is 2.23 bits per heavy atom. The maximum atomic E-state index is 13.3. The fourth-order valence-electron chi connectivity index (χ4n) is 4.05. The van der Waals surface area contributed by atoms with Crippen molar-refractivity contribution in [2.75, 3.05) is 51.2 Å². The number of piperazine rings is 1. The first-order valence-corrected chi connectivity index (χ1v) is 11.4. The largest absolute Gasteiger partial charge is 0.416 e. The van der Waals surface area contributed by atoms with E-state index in [1.165, 1.54) is 6.07 Å². The average Bonchev–Trinajstić information content (AvgIpc) is 2.71. The molecule has 5 nitrogen and oxygen atoms in total. The standard InChI is InChI=1S/C21H24F3N3O2S.ClH/c1-25-11-13-26(14-12-25)9-4-10-27-17-5-2-3-6-19(17)30(28,29)20-8-7-16(15-18(20)27)21(22,23)24;/h2-3,5-8,15H,4,9-14H2,1H3;1H. The number of hydrogen-bond acceptors (Lipinski definition) is 5. The van der Waals surface area contributed by atoms with Crippen molar-refractivity contribution in [1.29, 1.82) is 0 Å². The molecule has 0 aromatic heterocycles. The van der Waals surface area contributed by atoms with Crippen LogP contribution in [0, 0.1) is 0 Å². The van der Waals surface area contributed by atoms with E-state index < -0.39 is 21.6 Å². The summed E-state index contributed by atoms with van der Waals surface area (Å²) in [4.78, 5) is 6.37. The normalized spacial score (nSPS) is 18.8. The summed E-state index contributed by atoms with van der Waals surface area (Å²) in [6.07, 6.45) is -3.82. The minimum absolute atomic E-state index is 0. The summed E-state index contributed by atoms with van der Waals surface area (Å²) < 4.78 is 66.0. The van der Waals surface area contributed by atoms with Crippen LogP contribution in [0.15, 0.2) is 52.3 Å². The van der Waals surface area contributed by atoms with E-state index in [0.29, 0.717) is 18.7 Å². The predicted octanol–water partition coefficient (Wildman–Crippen LogP) is 4.05. The number of para-hydroxylation sites is 1. The Bertz CT molecular complexity index is 1040. The second-order valence-corrected chi connectivity index (χ2v) is 9.69. The third-order valence-corrected chi connectivity index (χ3v) is 7.61. The van der Waals surface area contributed by atoms with Gasteiger partial charge in [-0.3, -0.25) is 0 Å². The fraction of sp³-hybridized carbons (Fsp3) is 0.429. The molecule has 2 aliphatic rings. The van der Waals surface area contributed by atoms with Crippen molar-refractivity contribution >= 4 is 33.6 Å². The number of benzene rings is 2. The summed E-state index contributed by atoms with van der Waals surface area (Å²) in [7, 11) is -1.79. The molecule has 0 saturated carbocycles. The van der Waals surface area contributed by atoms with E-state index in [9.17, 15) is 21.6 Å². The van der Waals surface area contributed by atoms with E-state index in [1.54, 1.807) is 23.1 Å². The third-order valence-electron chi connectivity index (χ3n) is 5.76. The molecule has 2 aromatic rings. The summed E-state index contributed by atoms with van der Waals surface area (Å²) in [6.45, 7) is 5.14. The average molecular weight is 476 g/mol. The SMILES string of the molecule is CN1CCN(CCCN2c3ccccc3S(=O)(=O)c3ccc(C(F)(F)F)cc32)CC1.Cl. The number of rotatable bonds is 4. The molecule has 10 heteroatoms. The van der Waals surface area contributed by atoms with Gasteiger partial charge in [-0.15, -0.1) is 12.4 Å². The van der Waals surface area contributed by atoms with Crippen molar-refractivity contribution in [2.45, 2.75) is 22.4 Å². The van der Waals surface area contributed by atoms with Gasteiger partial charge in [0, 0.05) is 32.7 Å². The summed E-state index contributed by atoms with van der Waals surface area (Å²) in [5.41, 5.74) is -0.315. The number of alkyl halides is 3. The molecule has 0 unspecified atom stereocenters. The van der Waals surface area contributed by atoms with Gasteiger partial charge in [-0.1, -0.05) is 12.1 Å². The molecule has 0 radical (unpaired) electrons. The number of sulfone groups is 1. The zero-order valence-electron chi connectivity index (χ0n) is 17.1. The van der Waals surface area contributed by atoms with Crippen LogP contribution in [0.25, 0.3) is 0 Å². The van der Waals surface area contributed by atoms with Gasteiger partial charge in [0.25, 0.3) is 0 Å². The molecule has 2 aromatic carbocycles. The van der Waals surface area contributed by atoms with Gasteiger partial charge in [0.05, 0.1) is 26.7 Å². The van der Waals surface area contributed by atoms with Crippen LogP contribution in [0.4, 0.5) is 24.5 Å². The Labute approximate surface area is 186 Å². The maximum Gasteiger partial charge on any atom is 0.416 e. The highest BCUT2D eigenvalue weighted by Crippen LogP contribution is 2.46. The zero-order chi connectivity index (χ0) is 21.5. The van der Waals surface area contributed by atoms with Crippen LogP contribution in [0.2, 0.25) is 0 Å². The van der Waals surface area contributed by atoms with Crippen molar-refractivity contribution in [3.05, 3.63) is 48.0 Å². The van der Waals surface area contributed by atoms with Gasteiger partial charge in [-0.05, 0) is 50.3 Å². The topological polar surface area (TPSA) is 43.9 Å². The molecule has 2 heterocycles. The van der Waals surface area contributed by atoms with E-state index in [1.807, 2.05) is 0 Å². The highest BCUT2D eigenvalue weighted by Gasteiger charge is 2.37. The van der Waals surface area contributed by atoms with Crippen molar-refractivity contribution in [1.82, 2.24) is 9.80 Å². The molecule has 1 fully saturated rings. The summed E-state index contributed by atoms with van der Waals surface area (Å²) >= 11 is 0. The summed E-state index contributed by atoms with van der Waals surface area (Å²) in [5.74, 6) is 0. The van der Waals surface area contributed by atoms with Crippen LogP contribution in [0.1, 0.15) is 12.0 Å². The van der Waals surface area contributed by atoms with Crippen LogP contribution in [-0.2, 0) is 16.0 Å². The molecular formula is C21H25ClF3N3O2S. The van der Waals surface area contributed by atoms with Gasteiger partial charge in [-0.25, -0.2) is 8.42 Å². The number of likely N-dealkylation sites (N-methyl/N-ethyl adjacent to an activating group) is 1. The molecule has 0 N–H and O–H groups in total. The lowest BCUT2D eigenvalue weighted by molar-refractivity contribution is -0.137. The van der Waals surface area contributed by atoms with E-state index >= 15 is 0 Å². The van der Waals surface area contributed by atoms with Gasteiger partial charge in [-0.2, -0.15) is 13.2 Å². The van der Waals surface area contributed by atoms with Crippen LogP contribution >= 0.6 is 12.4 Å². The van der Waals surface area contributed by atoms with Gasteiger partial charge in [0.1, 0.15) is 0 Å². The maximum absolute atomic E-state index is 13.3. The molecule has 0 aliphatic carbocycles. The summed E-state index contributed by atoms with van der Waals surface area (Å²) in [6, 6.07) is 9.39. The monoisotopic (exact) mass is 475 g/mol. The lowest BCUT2D eigenvalue weighted by Crippen LogP contribution is -2.45. The minimum atomic E-state index is -4.54. The number of anilines is 2. The van der Waals surface area contributed by atoms with Gasteiger partial charge in [0.15, 0.2) is 0 Å². The van der Waals surface area contributed by atoms with Crippen LogP contribution in [0.5, 0.6) is 0 Å². The molecule has 31 heavy (non-hydrogen) atoms. The van der Waals surface area contributed by atoms with Gasteiger partial charge < -0.3 is 14.7 Å². The Morgan fingerprint density at radius 2 is 1.55 bits per heavy atom. The van der Waals surface area contributed by atoms with Crippen LogP contribution in [-0.4, -0.2) is 64.5 Å². The molecule has 170 valence electrons. The Hall–Kier alpha value is -1.81. The van der Waals surface area contributed by atoms with Crippen molar-refractivity contribution in [2.24, 2.45) is 0 Å². The van der Waals surface area contributed by atoms with Crippen LogP contribution in [0.3, 0.4) is 0 Å². The van der Waals surface area contributed by atoms with E-state index in [2.05, 4.69) is 16.8 Å². The molecular weight excluding hydrogens is 451 g/mol. The Morgan fingerprint density at radius 1 is 0.903 bits per heavy atom. The lowest BCUT2D eigenvalue weighted by Gasteiger charge is -2.35. The number of halogens is 4. The molecule has 2 aliphatic heterocycles. The Balaban J connectivity index is 0.00000272. The van der Waals surface area contributed by atoms with Gasteiger partial charge in [0.2, 0.25) is 9.84 Å². The highest BCUT2D eigenvalue weighted by atomic mass is 35.5. The van der Waals surface area contributed by atoms with Crippen LogP contribution < -0.4 is 4.90 Å². The predicted molar refractivity (Wildman–Crippen MR) is 116 cm³/mol. The third kappa shape index (κ3) is 4.69. The first kappa shape index (κ1) is 23.8. The highest BCUT2D eigenvalue weighted by molar-refractivity contribution is 7.92. The molecule has 0 amide bonds. The molecule has 4 rings (SSSR count). The van der Waals surface area contributed by atoms with E-state index in [0.717, 1.165) is 50.9 Å². The van der Waals surface area contributed by atoms with Crippen molar-refractivity contribution < 1.29 is 21.6 Å². The van der Waals surface area contributed by atoms with Gasteiger partial charge >= 0.3 is 6.18 Å². The van der Waals surface area contributed by atoms with E-state index in [4.69, 9.17) is 0 Å². The Kier molecular flexibility index (Phi) is 6.90. The quantitative estimate of drug-likeness (QED) is 0.667. The van der Waals surface area contributed by atoms with Crippen molar-refractivity contribution in [3.8, 4) is 0 Å². The molecule has 0 spiro atoms. The first-order chi connectivity index (χ1) is 14.2. The van der Waals surface area contributed by atoms with E-state index in [-0.39, 0.29) is 27.9 Å². The fourth-order valence-corrected chi connectivity index (χ4v) is 5.69. The molecule has 0 atom stereocenters. The smallest absolute Gasteiger partial charge is 0.339 e. The lowest BCUT2D eigenvalue weighted by atomic mass is 10.1. The number of hydrogen-bond donors (Lipinski definition) is 0. The second kappa shape index (κ2) is 8.97. The molecule has 1 saturated heterocycles. The zero-order valence-corrected chi connectivity index (χ0v) is 18.7. The van der Waals surface area contributed by atoms with Crippen molar-refractivity contribution in [3.63, 3.8) is 0 Å². The summed E-state index contributed by atoms with van der Waals surface area (Å²) in [5, 5.41) is 0. The minimum Gasteiger partial charge on any atom is -0.339 e. The molecule has 0 bridgehead atoms.